The molecule has 0 spiro atoms. The molecule has 3 saturated heterocycles. The second-order valence-electron chi connectivity index (χ2n) is 15.2. The van der Waals surface area contributed by atoms with Crippen LogP contribution >= 0.6 is 22.6 Å². The monoisotopic (exact) mass is 995 g/mol. The average molecular weight is 996 g/mol. The average Bonchev–Trinajstić information content (AvgIpc) is 4.09. The number of aryl methyl sites for hydroxylation is 3. The maximum atomic E-state index is 12.2. The first-order chi connectivity index (χ1) is 30.4. The number of aromatic nitrogens is 6. The summed E-state index contributed by atoms with van der Waals surface area (Å²) in [4.78, 5) is 86.2. The highest BCUT2D eigenvalue weighted by Gasteiger charge is 2.42. The van der Waals surface area contributed by atoms with Crippen LogP contribution in [0.1, 0.15) is 48.5 Å². The number of primary amides is 3. The smallest absolute Gasteiger partial charge is 0.345 e. The molecule has 9 amide bonds. The lowest BCUT2D eigenvalue weighted by molar-refractivity contribution is -0.107. The number of halogens is 1. The Morgan fingerprint density at radius 2 is 1.14 bits per heavy atom. The van der Waals surface area contributed by atoms with Gasteiger partial charge in [0, 0.05) is 47.3 Å². The molecule has 0 aromatic carbocycles. The summed E-state index contributed by atoms with van der Waals surface area (Å²) >= 11 is 2.25. The van der Waals surface area contributed by atoms with Crippen LogP contribution < -0.4 is 17.2 Å². The van der Waals surface area contributed by atoms with Crippen molar-refractivity contribution in [2.75, 3.05) is 59.5 Å². The second-order valence-corrected chi connectivity index (χ2v) is 16.6. The van der Waals surface area contributed by atoms with Crippen LogP contribution in [0, 0.1) is 20.8 Å². The number of H-pyrrole nitrogens is 1. The van der Waals surface area contributed by atoms with Crippen LogP contribution in [0.2, 0.25) is 0 Å². The predicted molar refractivity (Wildman–Crippen MR) is 239 cm³/mol. The van der Waals surface area contributed by atoms with E-state index in [1.165, 1.54) is 13.7 Å². The molecule has 0 saturated carbocycles. The number of nitrogens with two attached hydrogens (primary N) is 3. The van der Waals surface area contributed by atoms with Crippen LogP contribution in [-0.2, 0) is 9.68 Å². The van der Waals surface area contributed by atoms with Crippen molar-refractivity contribution < 1.29 is 38.4 Å². The predicted octanol–water partition coefficient (Wildman–Crippen LogP) is 1.61. The number of likely N-dealkylation sites (N-methyl/N-ethyl adjacent to an activating group) is 1. The lowest BCUT2D eigenvalue weighted by Gasteiger charge is -2.22. The van der Waals surface area contributed by atoms with Crippen LogP contribution in [0.5, 0.6) is 0 Å². The van der Waals surface area contributed by atoms with Crippen molar-refractivity contribution >= 4 is 69.8 Å². The molecule has 3 aromatic heterocycles. The lowest BCUT2D eigenvalue weighted by Crippen LogP contribution is -2.33. The van der Waals surface area contributed by atoms with Crippen LogP contribution in [0.3, 0.4) is 0 Å². The van der Waals surface area contributed by atoms with Crippen molar-refractivity contribution in [1.82, 2.24) is 59.5 Å². The summed E-state index contributed by atoms with van der Waals surface area (Å²) in [7, 11) is 1.79. The number of hydrogen-bond acceptors (Lipinski definition) is 11. The van der Waals surface area contributed by atoms with Gasteiger partial charge in [-0.2, -0.15) is 25.4 Å². The minimum atomic E-state index is -0.575. The molecule has 9 rings (SSSR count). The Hall–Kier alpha value is -6.80. The highest BCUT2D eigenvalue weighted by molar-refractivity contribution is 14.1. The zero-order valence-corrected chi connectivity index (χ0v) is 37.9. The lowest BCUT2D eigenvalue weighted by atomic mass is 10.2. The topological polar surface area (TPSA) is 283 Å². The number of rotatable bonds is 11. The van der Waals surface area contributed by atoms with Gasteiger partial charge in [-0.1, -0.05) is 12.2 Å². The van der Waals surface area contributed by atoms with Gasteiger partial charge in [0.25, 0.3) is 17.7 Å². The molecule has 24 heteroatoms. The molecule has 7 N–H and O–H groups in total. The van der Waals surface area contributed by atoms with E-state index in [4.69, 9.17) is 26.9 Å². The highest BCUT2D eigenvalue weighted by Crippen LogP contribution is 2.29. The van der Waals surface area contributed by atoms with Gasteiger partial charge >= 0.3 is 18.1 Å². The van der Waals surface area contributed by atoms with E-state index in [9.17, 15) is 28.8 Å². The van der Waals surface area contributed by atoms with Gasteiger partial charge in [0.15, 0.2) is 11.4 Å². The minimum absolute atomic E-state index is 0.0242. The number of carbonyl (C=O) groups excluding carboxylic acids is 6. The quantitative estimate of drug-likeness (QED) is 0.158. The summed E-state index contributed by atoms with van der Waals surface area (Å²) in [6, 6.07) is 4.64. The van der Waals surface area contributed by atoms with E-state index in [1.807, 2.05) is 26.0 Å². The summed E-state index contributed by atoms with van der Waals surface area (Å²) in [5, 5.41) is 17.4. The van der Waals surface area contributed by atoms with Crippen molar-refractivity contribution in [2.24, 2.45) is 17.2 Å². The molecule has 6 aliphatic heterocycles. The van der Waals surface area contributed by atoms with Gasteiger partial charge in [-0.05, 0) is 79.8 Å². The minimum Gasteiger partial charge on any atom is -0.364 e. The molecule has 3 aromatic rings. The molecule has 3 atom stereocenters. The van der Waals surface area contributed by atoms with Crippen molar-refractivity contribution in [3.05, 3.63) is 99.5 Å². The molecule has 3 fully saturated rings. The number of hydroxylamine groups is 4. The van der Waals surface area contributed by atoms with Gasteiger partial charge in [0.2, 0.25) is 0 Å². The number of hydrogen-bond donors (Lipinski definition) is 4. The maximum absolute atomic E-state index is 12.2. The number of aromatic amines is 1. The molecular weight excluding hydrogens is 945 g/mol. The third kappa shape index (κ3) is 10.2. The fourth-order valence-corrected chi connectivity index (χ4v) is 8.28. The molecule has 23 nitrogen and oxygen atoms in total. The fraction of sp³-hybridized carbons (Fsp3) is 0.375. The maximum Gasteiger partial charge on any atom is 0.345 e. The normalized spacial score (nSPS) is 20.4. The number of nitrogens with one attached hydrogen (secondary N) is 1. The van der Waals surface area contributed by atoms with E-state index in [0.717, 1.165) is 35.0 Å². The number of urea groups is 3. The van der Waals surface area contributed by atoms with Gasteiger partial charge < -0.3 is 36.8 Å². The SMILES string of the molecule is C=CCON1C(=O)N2CC(I)=CC1C2.C=CCON1C(=O)N2CC(n3nc(C(N)=O)cc3C)=CC1C2.Cc1cc(C(N)=O)n[nH]1.Cc1cc(C(N)=O)nn1C1=CC2CN(C1)C(=O)N2C. The molecular formula is C40H50IN15O8. The van der Waals surface area contributed by atoms with Gasteiger partial charge in [-0.3, -0.25) is 29.2 Å². The molecule has 9 heterocycles. The molecule has 3 unspecified atom stereocenters. The molecule has 340 valence electrons. The van der Waals surface area contributed by atoms with Crippen molar-refractivity contribution in [2.45, 2.75) is 38.9 Å². The molecule has 6 aliphatic rings. The highest BCUT2D eigenvalue weighted by atomic mass is 127. The van der Waals surface area contributed by atoms with Gasteiger partial charge in [0.1, 0.15) is 5.69 Å². The van der Waals surface area contributed by atoms with E-state index in [2.05, 4.69) is 62.2 Å². The van der Waals surface area contributed by atoms with Crippen LogP contribution in [0.25, 0.3) is 11.4 Å². The Morgan fingerprint density at radius 1 is 0.703 bits per heavy atom. The van der Waals surface area contributed by atoms with Crippen LogP contribution in [0.4, 0.5) is 14.4 Å². The first-order valence-corrected chi connectivity index (χ1v) is 21.0. The van der Waals surface area contributed by atoms with Crippen LogP contribution in [-0.4, -0.2) is 173 Å². The molecule has 0 radical (unpaired) electrons. The summed E-state index contributed by atoms with van der Waals surface area (Å²) in [6.07, 6.45) is 9.25. The van der Waals surface area contributed by atoms with Gasteiger partial charge in [-0.15, -0.1) is 13.2 Å². The number of amides is 9. The van der Waals surface area contributed by atoms with E-state index < -0.39 is 17.7 Å². The third-order valence-electron chi connectivity index (χ3n) is 10.4. The largest absolute Gasteiger partial charge is 0.364 e. The summed E-state index contributed by atoms with van der Waals surface area (Å²) in [5.41, 5.74) is 20.3. The third-order valence-corrected chi connectivity index (χ3v) is 11.1. The van der Waals surface area contributed by atoms with Crippen molar-refractivity contribution in [3.63, 3.8) is 0 Å². The van der Waals surface area contributed by atoms with E-state index in [0.29, 0.717) is 39.3 Å². The molecule has 0 aliphatic carbocycles. The Bertz CT molecular complexity index is 2450. The summed E-state index contributed by atoms with van der Waals surface area (Å²) < 4.78 is 4.52. The second kappa shape index (κ2) is 19.7. The summed E-state index contributed by atoms with van der Waals surface area (Å²) in [6.45, 7) is 16.9. The van der Waals surface area contributed by atoms with E-state index in [1.54, 1.807) is 73.3 Å². The van der Waals surface area contributed by atoms with Gasteiger partial charge in [0.05, 0.1) is 62.4 Å². The van der Waals surface area contributed by atoms with Crippen molar-refractivity contribution in [1.29, 1.82) is 0 Å². The zero-order chi connectivity index (χ0) is 46.6. The van der Waals surface area contributed by atoms with Crippen molar-refractivity contribution in [3.8, 4) is 0 Å². The first kappa shape index (κ1) is 46.7. The van der Waals surface area contributed by atoms with Crippen LogP contribution in [0.15, 0.2) is 65.3 Å². The fourth-order valence-electron chi connectivity index (χ4n) is 7.45. The zero-order valence-electron chi connectivity index (χ0n) is 35.7. The Morgan fingerprint density at radius 3 is 1.55 bits per heavy atom. The Balaban J connectivity index is 0.000000148. The summed E-state index contributed by atoms with van der Waals surface area (Å²) in [5.74, 6) is -1.62. The number of fused-ring (bicyclic) bond motifs is 6. The Labute approximate surface area is 381 Å². The number of nitrogens with zero attached hydrogens (tertiary/aromatic N) is 11. The van der Waals surface area contributed by atoms with E-state index in [-0.39, 0.29) is 59.9 Å². The van der Waals surface area contributed by atoms with Gasteiger partial charge in [-0.25, -0.2) is 23.7 Å². The standard InChI is InChI=1S/C14H17N5O3.C12H15N5O2.C9H11IN2O2.C5H7N3O/c1-3-4-22-19-11-6-10(7-17(8-11)14(19)21)18-9(2)5-12(16-18)13(15)20;1-7-3-10(11(13)18)14-17(7)9-4-8-5-16(6-9)12(19)15(8)2;1-2-3-14-12-8-4-7(10)5-11(6-8)9(12)13;1-3-2-4(5(6)9)8-7-3/h3,5-6,11H,1,4,7-8H2,2H3,(H2,15,20);3-4,8H,5-6H2,1-2H3,(H2,13,18);2,4,8H,1,3,5-6H2;2H,1H3,(H2,6,9)(H,7,8). The molecule has 64 heavy (non-hydrogen) atoms. The van der Waals surface area contributed by atoms with E-state index >= 15 is 0 Å². The molecule has 6 bridgehead atoms. The number of carbonyl (C=O) groups is 6. The Kier molecular flexibility index (Phi) is 14.4. The first-order valence-electron chi connectivity index (χ1n) is 19.9.